The summed E-state index contributed by atoms with van der Waals surface area (Å²) in [6, 6.07) is 17.8. The van der Waals surface area contributed by atoms with Crippen molar-refractivity contribution >= 4 is 50.7 Å². The van der Waals surface area contributed by atoms with Crippen LogP contribution in [0.4, 0.5) is 5.69 Å². The van der Waals surface area contributed by atoms with Gasteiger partial charge in [0.25, 0.3) is 10.0 Å². The van der Waals surface area contributed by atoms with Crippen molar-refractivity contribution in [2.24, 2.45) is 0 Å². The van der Waals surface area contributed by atoms with Crippen molar-refractivity contribution in [1.82, 2.24) is 10.2 Å². The number of carbonyl (C=O) groups excluding carboxylic acids is 2. The number of carbonyl (C=O) groups is 2. The van der Waals surface area contributed by atoms with Gasteiger partial charge < -0.3 is 10.2 Å². The molecule has 1 aliphatic rings. The van der Waals surface area contributed by atoms with Crippen LogP contribution in [-0.2, 0) is 26.2 Å². The minimum atomic E-state index is -4.25. The van der Waals surface area contributed by atoms with Crippen molar-refractivity contribution in [1.29, 1.82) is 0 Å². The maximum absolute atomic E-state index is 14.3. The Hall–Kier alpha value is -3.07. The molecule has 1 unspecified atom stereocenters. The molecule has 4 rings (SSSR count). The van der Waals surface area contributed by atoms with Crippen LogP contribution in [0.3, 0.4) is 0 Å². The van der Waals surface area contributed by atoms with E-state index in [2.05, 4.69) is 5.32 Å². The molecule has 7 nitrogen and oxygen atoms in total. The van der Waals surface area contributed by atoms with E-state index in [1.54, 1.807) is 18.2 Å². The van der Waals surface area contributed by atoms with E-state index in [0.29, 0.717) is 6.42 Å². The summed E-state index contributed by atoms with van der Waals surface area (Å²) in [6.07, 6.45) is 5.44. The molecule has 0 bridgehead atoms. The predicted octanol–water partition coefficient (Wildman–Crippen LogP) is 7.06. The lowest BCUT2D eigenvalue weighted by Gasteiger charge is -2.35. The largest absolute Gasteiger partial charge is 0.352 e. The zero-order valence-electron chi connectivity index (χ0n) is 24.9. The number of sulfonamides is 1. The van der Waals surface area contributed by atoms with E-state index in [1.165, 1.54) is 29.2 Å². The molecule has 1 fully saturated rings. The number of nitrogens with zero attached hydrogens (tertiary/aromatic N) is 2. The first-order chi connectivity index (χ1) is 20.5. The summed E-state index contributed by atoms with van der Waals surface area (Å²) < 4.78 is 29.2. The van der Waals surface area contributed by atoms with Crippen LogP contribution in [-0.4, -0.2) is 43.8 Å². The van der Waals surface area contributed by atoms with Crippen molar-refractivity contribution in [2.45, 2.75) is 82.8 Å². The Balaban J connectivity index is 1.74. The first kappa shape index (κ1) is 32.8. The van der Waals surface area contributed by atoms with Crippen molar-refractivity contribution in [3.8, 4) is 0 Å². The Morgan fingerprint density at radius 3 is 2.28 bits per heavy atom. The predicted molar refractivity (Wildman–Crippen MR) is 173 cm³/mol. The van der Waals surface area contributed by atoms with Crippen LogP contribution in [0.1, 0.15) is 62.1 Å². The maximum Gasteiger partial charge on any atom is 0.264 e. The molecule has 1 saturated carbocycles. The average Bonchev–Trinajstić information content (AvgIpc) is 2.98. The van der Waals surface area contributed by atoms with Gasteiger partial charge in [-0.2, -0.15) is 0 Å². The Morgan fingerprint density at radius 2 is 1.63 bits per heavy atom. The van der Waals surface area contributed by atoms with E-state index >= 15 is 0 Å². The lowest BCUT2D eigenvalue weighted by molar-refractivity contribution is -0.140. The van der Waals surface area contributed by atoms with Gasteiger partial charge in [-0.05, 0) is 74.6 Å². The molecule has 43 heavy (non-hydrogen) atoms. The zero-order chi connectivity index (χ0) is 31.1. The third kappa shape index (κ3) is 8.11. The monoisotopic (exact) mass is 643 g/mol. The lowest BCUT2D eigenvalue weighted by Crippen LogP contribution is -2.54. The number of benzene rings is 3. The number of rotatable bonds is 11. The molecule has 1 atom stereocenters. The van der Waals surface area contributed by atoms with E-state index in [4.69, 9.17) is 23.2 Å². The summed E-state index contributed by atoms with van der Waals surface area (Å²) in [6.45, 7) is 5.23. The summed E-state index contributed by atoms with van der Waals surface area (Å²) in [4.78, 5) is 29.5. The minimum Gasteiger partial charge on any atom is -0.352 e. The highest BCUT2D eigenvalue weighted by molar-refractivity contribution is 7.92. The first-order valence-electron chi connectivity index (χ1n) is 14.7. The van der Waals surface area contributed by atoms with Gasteiger partial charge in [-0.1, -0.05) is 91.3 Å². The van der Waals surface area contributed by atoms with Crippen LogP contribution >= 0.6 is 23.2 Å². The third-order valence-electron chi connectivity index (χ3n) is 8.00. The Bertz CT molecular complexity index is 1540. The molecule has 1 N–H and O–H groups in total. The van der Waals surface area contributed by atoms with Crippen LogP contribution in [0.25, 0.3) is 0 Å². The molecule has 3 aromatic carbocycles. The Kier molecular flexibility index (Phi) is 11.2. The van der Waals surface area contributed by atoms with Gasteiger partial charge in [0.2, 0.25) is 11.8 Å². The molecule has 0 aromatic heterocycles. The minimum absolute atomic E-state index is 0.00878. The highest BCUT2D eigenvalue weighted by atomic mass is 35.5. The van der Waals surface area contributed by atoms with E-state index in [-0.39, 0.29) is 39.1 Å². The smallest absolute Gasteiger partial charge is 0.264 e. The lowest BCUT2D eigenvalue weighted by atomic mass is 9.95. The Labute approximate surface area is 265 Å². The molecule has 0 aliphatic heterocycles. The van der Waals surface area contributed by atoms with Gasteiger partial charge in [0.1, 0.15) is 12.6 Å². The molecule has 0 spiro atoms. The number of hydrogen-bond donors (Lipinski definition) is 1. The molecular weight excluding hydrogens is 605 g/mol. The van der Waals surface area contributed by atoms with Gasteiger partial charge in [0.05, 0.1) is 15.6 Å². The quantitative estimate of drug-likeness (QED) is 0.242. The maximum atomic E-state index is 14.3. The molecule has 1 aliphatic carbocycles. The normalized spacial score (nSPS) is 14.6. The van der Waals surface area contributed by atoms with E-state index in [0.717, 1.165) is 53.1 Å². The molecule has 3 aromatic rings. The topological polar surface area (TPSA) is 86.8 Å². The third-order valence-corrected chi connectivity index (χ3v) is 10.3. The molecule has 0 radical (unpaired) electrons. The van der Waals surface area contributed by atoms with Gasteiger partial charge >= 0.3 is 0 Å². The SMILES string of the molecule is CCC(C(=O)NC1CCCCC1)N(Cc1ccccc1C)C(=O)CN(c1cc(Cl)ccc1Cl)S(=O)(=O)c1ccc(C)cc1. The molecule has 2 amide bonds. The number of halogens is 2. The highest BCUT2D eigenvalue weighted by Gasteiger charge is 2.35. The fourth-order valence-electron chi connectivity index (χ4n) is 5.46. The highest BCUT2D eigenvalue weighted by Crippen LogP contribution is 2.33. The summed E-state index contributed by atoms with van der Waals surface area (Å²) >= 11 is 12.8. The summed E-state index contributed by atoms with van der Waals surface area (Å²) in [7, 11) is -4.25. The first-order valence-corrected chi connectivity index (χ1v) is 16.9. The number of anilines is 1. The van der Waals surface area contributed by atoms with Crippen molar-refractivity contribution < 1.29 is 18.0 Å². The second kappa shape index (κ2) is 14.6. The van der Waals surface area contributed by atoms with Crippen LogP contribution in [0.2, 0.25) is 10.0 Å². The standard InChI is InChI=1S/C33H39Cl2N3O4S/c1-4-30(33(40)36-27-12-6-5-7-13-27)37(21-25-11-9-8-10-24(25)3)32(39)22-38(31-20-26(34)16-19-29(31)35)43(41,42)28-17-14-23(2)15-18-28/h8-11,14-20,27,30H,4-7,12-13,21-22H2,1-3H3,(H,36,40). The van der Waals surface area contributed by atoms with Crippen molar-refractivity contribution in [3.05, 3.63) is 93.5 Å². The Morgan fingerprint density at radius 1 is 0.953 bits per heavy atom. The second-order valence-electron chi connectivity index (χ2n) is 11.1. The molecule has 0 saturated heterocycles. The van der Waals surface area contributed by atoms with Gasteiger partial charge in [-0.3, -0.25) is 13.9 Å². The van der Waals surface area contributed by atoms with Crippen molar-refractivity contribution in [3.63, 3.8) is 0 Å². The number of aryl methyl sites for hydroxylation is 2. The van der Waals surface area contributed by atoms with Gasteiger partial charge in [0, 0.05) is 17.6 Å². The van der Waals surface area contributed by atoms with Gasteiger partial charge in [-0.15, -0.1) is 0 Å². The summed E-state index contributed by atoms with van der Waals surface area (Å²) in [5, 5.41) is 3.56. The van der Waals surface area contributed by atoms with Crippen molar-refractivity contribution in [2.75, 3.05) is 10.8 Å². The fraction of sp³-hybridized carbons (Fsp3) is 0.394. The molecular formula is C33H39Cl2N3O4S. The van der Waals surface area contributed by atoms with E-state index < -0.39 is 28.5 Å². The number of hydrogen-bond acceptors (Lipinski definition) is 4. The number of amides is 2. The fourth-order valence-corrected chi connectivity index (χ4v) is 7.32. The van der Waals surface area contributed by atoms with Gasteiger partial charge in [-0.25, -0.2) is 8.42 Å². The van der Waals surface area contributed by atoms with Gasteiger partial charge in [0.15, 0.2) is 0 Å². The second-order valence-corrected chi connectivity index (χ2v) is 13.8. The number of nitrogens with one attached hydrogen (secondary N) is 1. The van der Waals surface area contributed by atoms with Crippen LogP contribution in [0.5, 0.6) is 0 Å². The summed E-state index contributed by atoms with van der Waals surface area (Å²) in [5.74, 6) is -0.759. The molecule has 230 valence electrons. The molecule has 0 heterocycles. The van der Waals surface area contributed by atoms with E-state index in [1.807, 2.05) is 45.0 Å². The molecule has 10 heteroatoms. The zero-order valence-corrected chi connectivity index (χ0v) is 27.2. The van der Waals surface area contributed by atoms with E-state index in [9.17, 15) is 18.0 Å². The van der Waals surface area contributed by atoms with Crippen LogP contribution < -0.4 is 9.62 Å². The van der Waals surface area contributed by atoms with Crippen LogP contribution in [0.15, 0.2) is 71.6 Å². The average molecular weight is 645 g/mol. The van der Waals surface area contributed by atoms with Crippen LogP contribution in [0, 0.1) is 13.8 Å². The summed E-state index contributed by atoms with van der Waals surface area (Å²) in [5.41, 5.74) is 2.80.